The summed E-state index contributed by atoms with van der Waals surface area (Å²) in [7, 11) is 1.78. The Kier molecular flexibility index (Phi) is 3.46. The molecule has 20 heavy (non-hydrogen) atoms. The van der Waals surface area contributed by atoms with Crippen LogP contribution in [0.15, 0.2) is 16.5 Å². The Hall–Kier alpha value is -2.23. The van der Waals surface area contributed by atoms with Gasteiger partial charge in [-0.3, -0.25) is 0 Å². The zero-order chi connectivity index (χ0) is 13.9. The lowest BCUT2D eigenvalue weighted by molar-refractivity contribution is 0.664. The predicted octanol–water partition coefficient (Wildman–Crippen LogP) is 0.849. The van der Waals surface area contributed by atoms with Crippen LogP contribution in [0.2, 0.25) is 0 Å². The van der Waals surface area contributed by atoms with E-state index in [1.807, 2.05) is 0 Å². The maximum atomic E-state index is 4.49. The van der Waals surface area contributed by atoms with E-state index >= 15 is 0 Å². The van der Waals surface area contributed by atoms with E-state index in [0.29, 0.717) is 16.8 Å². The molecule has 0 aliphatic heterocycles. The van der Waals surface area contributed by atoms with Crippen molar-refractivity contribution >= 4 is 28.9 Å². The minimum absolute atomic E-state index is 0.559. The van der Waals surface area contributed by atoms with Gasteiger partial charge in [-0.05, 0) is 28.6 Å². The van der Waals surface area contributed by atoms with Crippen LogP contribution >= 0.6 is 11.8 Å². The zero-order valence-electron chi connectivity index (χ0n) is 11.0. The Bertz CT molecular complexity index is 718. The maximum absolute atomic E-state index is 4.49. The maximum Gasteiger partial charge on any atom is 0.225 e. The van der Waals surface area contributed by atoms with Gasteiger partial charge in [-0.15, -0.1) is 5.10 Å². The first-order valence-corrected chi connectivity index (χ1v) is 6.94. The highest BCUT2D eigenvalue weighted by Gasteiger charge is 2.14. The number of anilines is 1. The average Bonchev–Trinajstić information content (AvgIpc) is 3.06. The fraction of sp³-hybridized carbons (Fsp3) is 0.400. The van der Waals surface area contributed by atoms with Crippen molar-refractivity contribution in [2.45, 2.75) is 23.5 Å². The molecule has 0 radical (unpaired) electrons. The van der Waals surface area contributed by atoms with Crippen molar-refractivity contribution in [2.75, 3.05) is 11.9 Å². The molecule has 0 unspecified atom stereocenters. The number of nitrogens with one attached hydrogen (secondary N) is 2. The molecule has 104 valence electrons. The van der Waals surface area contributed by atoms with Gasteiger partial charge in [0.15, 0.2) is 5.65 Å². The number of hydrogen-bond acceptors (Lipinski definition) is 8. The summed E-state index contributed by atoms with van der Waals surface area (Å²) in [5.74, 6) is 0.559. The van der Waals surface area contributed by atoms with Crippen LogP contribution in [0.5, 0.6) is 0 Å². The second kappa shape index (κ2) is 5.41. The molecule has 0 saturated carbocycles. The molecule has 0 aromatic carbocycles. The summed E-state index contributed by atoms with van der Waals surface area (Å²) < 4.78 is 1.59. The molecule has 0 saturated heterocycles. The van der Waals surface area contributed by atoms with Crippen LogP contribution in [0.25, 0.3) is 11.2 Å². The van der Waals surface area contributed by atoms with E-state index in [4.69, 9.17) is 0 Å². The Balaban J connectivity index is 1.99. The first kappa shape index (κ1) is 12.8. The van der Waals surface area contributed by atoms with Crippen molar-refractivity contribution in [1.29, 1.82) is 0 Å². The number of tetrazole rings is 1. The molecule has 3 aromatic rings. The molecule has 0 atom stereocenters. The van der Waals surface area contributed by atoms with Gasteiger partial charge in [0.1, 0.15) is 10.5 Å². The van der Waals surface area contributed by atoms with Gasteiger partial charge in [0.2, 0.25) is 11.1 Å². The number of aromatic amines is 1. The molecule has 0 aliphatic rings. The van der Waals surface area contributed by atoms with Crippen molar-refractivity contribution in [1.82, 2.24) is 40.1 Å². The molecule has 3 aromatic heterocycles. The topological polar surface area (TPSA) is 110 Å². The third kappa shape index (κ3) is 2.41. The third-order valence-corrected chi connectivity index (χ3v) is 3.57. The van der Waals surface area contributed by atoms with E-state index in [2.05, 4.69) is 47.7 Å². The van der Waals surface area contributed by atoms with Gasteiger partial charge in [-0.25, -0.2) is 14.6 Å². The number of rotatable bonds is 5. The number of nitrogens with zero attached hydrogens (tertiary/aromatic N) is 7. The molecule has 3 heterocycles. The Morgan fingerprint density at radius 3 is 3.05 bits per heavy atom. The van der Waals surface area contributed by atoms with Crippen LogP contribution < -0.4 is 5.32 Å². The second-order valence-electron chi connectivity index (χ2n) is 4.07. The lowest BCUT2D eigenvalue weighted by Crippen LogP contribution is -2.05. The highest BCUT2D eigenvalue weighted by molar-refractivity contribution is 7.99. The van der Waals surface area contributed by atoms with E-state index in [9.17, 15) is 0 Å². The van der Waals surface area contributed by atoms with Crippen LogP contribution in [0.1, 0.15) is 13.3 Å². The molecular weight excluding hydrogens is 278 g/mol. The van der Waals surface area contributed by atoms with E-state index in [0.717, 1.165) is 23.5 Å². The van der Waals surface area contributed by atoms with Crippen molar-refractivity contribution in [3.05, 3.63) is 6.33 Å². The molecule has 0 aliphatic carbocycles. The fourth-order valence-corrected chi connectivity index (χ4v) is 2.39. The number of hydrogen-bond donors (Lipinski definition) is 2. The summed E-state index contributed by atoms with van der Waals surface area (Å²) in [5, 5.41) is 15.9. The molecule has 0 amide bonds. The quantitative estimate of drug-likeness (QED) is 0.666. The molecular formula is C10H13N9S. The van der Waals surface area contributed by atoms with Crippen LogP contribution in [-0.2, 0) is 7.05 Å². The van der Waals surface area contributed by atoms with Crippen LogP contribution in [0.3, 0.4) is 0 Å². The molecule has 3 rings (SSSR count). The minimum Gasteiger partial charge on any atom is -0.354 e. The Morgan fingerprint density at radius 1 is 1.40 bits per heavy atom. The van der Waals surface area contributed by atoms with Gasteiger partial charge in [-0.1, -0.05) is 6.92 Å². The van der Waals surface area contributed by atoms with E-state index in [1.165, 1.54) is 11.8 Å². The van der Waals surface area contributed by atoms with Gasteiger partial charge >= 0.3 is 0 Å². The molecule has 0 spiro atoms. The lowest BCUT2D eigenvalue weighted by Gasteiger charge is -2.05. The van der Waals surface area contributed by atoms with Crippen LogP contribution in [0.4, 0.5) is 5.95 Å². The highest BCUT2D eigenvalue weighted by atomic mass is 32.2. The molecule has 2 N–H and O–H groups in total. The normalized spacial score (nSPS) is 11.1. The van der Waals surface area contributed by atoms with E-state index < -0.39 is 0 Å². The van der Waals surface area contributed by atoms with Crippen LogP contribution in [-0.4, -0.2) is 46.7 Å². The largest absolute Gasteiger partial charge is 0.354 e. The molecule has 0 bridgehead atoms. The van der Waals surface area contributed by atoms with E-state index in [1.54, 1.807) is 18.1 Å². The summed E-state index contributed by atoms with van der Waals surface area (Å²) in [5.41, 5.74) is 1.40. The fourth-order valence-electron chi connectivity index (χ4n) is 1.59. The predicted molar refractivity (Wildman–Crippen MR) is 73.4 cm³/mol. The number of fused-ring (bicyclic) bond motifs is 1. The van der Waals surface area contributed by atoms with Crippen molar-refractivity contribution in [3.8, 4) is 0 Å². The average molecular weight is 291 g/mol. The number of aromatic nitrogens is 8. The van der Waals surface area contributed by atoms with Crippen molar-refractivity contribution < 1.29 is 0 Å². The third-order valence-electron chi connectivity index (χ3n) is 2.55. The van der Waals surface area contributed by atoms with Gasteiger partial charge in [-0.2, -0.15) is 4.98 Å². The highest BCUT2D eigenvalue weighted by Crippen LogP contribution is 2.28. The summed E-state index contributed by atoms with van der Waals surface area (Å²) in [6.07, 6.45) is 2.60. The number of H-pyrrole nitrogens is 1. The van der Waals surface area contributed by atoms with E-state index in [-0.39, 0.29) is 0 Å². The summed E-state index contributed by atoms with van der Waals surface area (Å²) >= 11 is 1.37. The number of aryl methyl sites for hydroxylation is 1. The number of imidazole rings is 1. The summed E-state index contributed by atoms with van der Waals surface area (Å²) in [4.78, 5) is 16.1. The monoisotopic (exact) mass is 291 g/mol. The van der Waals surface area contributed by atoms with Gasteiger partial charge in [0.25, 0.3) is 0 Å². The van der Waals surface area contributed by atoms with Crippen LogP contribution in [0, 0.1) is 0 Å². The Labute approximate surface area is 118 Å². The Morgan fingerprint density at radius 2 is 2.30 bits per heavy atom. The van der Waals surface area contributed by atoms with Crippen molar-refractivity contribution in [2.24, 2.45) is 7.05 Å². The van der Waals surface area contributed by atoms with Gasteiger partial charge in [0, 0.05) is 13.6 Å². The smallest absolute Gasteiger partial charge is 0.225 e. The zero-order valence-corrected chi connectivity index (χ0v) is 11.8. The SMILES string of the molecule is CCCNc1nc(Sc2nnnn2C)c2[nH]cnc2n1. The minimum atomic E-state index is 0.559. The molecule has 0 fully saturated rings. The van der Waals surface area contributed by atoms with Gasteiger partial charge < -0.3 is 10.3 Å². The molecule has 10 heteroatoms. The summed E-state index contributed by atoms with van der Waals surface area (Å²) in [6.45, 7) is 2.90. The summed E-state index contributed by atoms with van der Waals surface area (Å²) in [6, 6.07) is 0. The molecule has 9 nitrogen and oxygen atoms in total. The first-order chi connectivity index (χ1) is 9.78. The standard InChI is InChI=1S/C10H13N9S/c1-3-4-11-9-14-7-6(12-5-13-7)8(15-9)20-10-16-17-18-19(10)2/h5H,3-4H2,1-2H3,(H2,11,12,13,14,15). The second-order valence-corrected chi connectivity index (χ2v) is 5.02. The van der Waals surface area contributed by atoms with Gasteiger partial charge in [0.05, 0.1) is 6.33 Å². The first-order valence-electron chi connectivity index (χ1n) is 6.13. The van der Waals surface area contributed by atoms with Crippen molar-refractivity contribution in [3.63, 3.8) is 0 Å². The lowest BCUT2D eigenvalue weighted by atomic mass is 10.5.